The van der Waals surface area contributed by atoms with Gasteiger partial charge >= 0.3 is 0 Å². The zero-order chi connectivity index (χ0) is 14.3. The Morgan fingerprint density at radius 2 is 2.05 bits per heavy atom. The van der Waals surface area contributed by atoms with Crippen LogP contribution < -0.4 is 11.1 Å². The summed E-state index contributed by atoms with van der Waals surface area (Å²) in [5, 5.41) is 3.64. The molecule has 0 radical (unpaired) electrons. The minimum absolute atomic E-state index is 0.296. The number of nitrogen functional groups attached to an aromatic ring is 1. The first kappa shape index (κ1) is 13.6. The minimum atomic E-state index is 0.296. The molecule has 5 nitrogen and oxygen atoms in total. The first-order chi connectivity index (χ1) is 9.56. The first-order valence-electron chi connectivity index (χ1n) is 7.71. The molecule has 1 aromatic heterocycles. The summed E-state index contributed by atoms with van der Waals surface area (Å²) in [6.45, 7) is 8.66. The van der Waals surface area contributed by atoms with Gasteiger partial charge < -0.3 is 11.1 Å². The maximum absolute atomic E-state index is 6.04. The van der Waals surface area contributed by atoms with Gasteiger partial charge in [-0.15, -0.1) is 0 Å². The summed E-state index contributed by atoms with van der Waals surface area (Å²) in [7, 11) is 0. The lowest BCUT2D eigenvalue weighted by Gasteiger charge is -2.23. The molecule has 2 saturated heterocycles. The lowest BCUT2D eigenvalue weighted by atomic mass is 10.1. The number of aromatic nitrogens is 2. The van der Waals surface area contributed by atoms with E-state index in [2.05, 4.69) is 34.0 Å². The predicted octanol–water partition coefficient (Wildman–Crippen LogP) is 2.14. The normalized spacial score (nSPS) is 26.2. The Bertz CT molecular complexity index is 499. The summed E-state index contributed by atoms with van der Waals surface area (Å²) < 4.78 is 0. The second-order valence-corrected chi connectivity index (χ2v) is 6.38. The molecule has 0 spiro atoms. The molecule has 2 atom stereocenters. The van der Waals surface area contributed by atoms with E-state index in [1.54, 1.807) is 0 Å². The number of fused-ring (bicyclic) bond motifs is 1. The third-order valence-electron chi connectivity index (χ3n) is 4.65. The average molecular weight is 275 g/mol. The van der Waals surface area contributed by atoms with Crippen LogP contribution in [-0.2, 0) is 0 Å². The molecule has 5 heteroatoms. The van der Waals surface area contributed by atoms with Gasteiger partial charge in [0.25, 0.3) is 0 Å². The van der Waals surface area contributed by atoms with E-state index in [1.165, 1.54) is 32.4 Å². The third kappa shape index (κ3) is 2.35. The van der Waals surface area contributed by atoms with Crippen molar-refractivity contribution < 1.29 is 0 Å². The highest BCUT2D eigenvalue weighted by molar-refractivity contribution is 5.55. The molecule has 0 aromatic carbocycles. The fourth-order valence-corrected chi connectivity index (χ4v) is 3.38. The number of nitrogens with zero attached hydrogens (tertiary/aromatic N) is 3. The van der Waals surface area contributed by atoms with Crippen LogP contribution in [0.2, 0.25) is 0 Å². The van der Waals surface area contributed by atoms with E-state index in [1.807, 2.05) is 6.92 Å². The van der Waals surface area contributed by atoms with Crippen LogP contribution in [0.15, 0.2) is 0 Å². The Morgan fingerprint density at radius 1 is 1.25 bits per heavy atom. The van der Waals surface area contributed by atoms with Crippen molar-refractivity contribution in [3.05, 3.63) is 11.4 Å². The van der Waals surface area contributed by atoms with Crippen LogP contribution in [0.3, 0.4) is 0 Å². The van der Waals surface area contributed by atoms with Gasteiger partial charge in [-0.05, 0) is 32.7 Å². The van der Waals surface area contributed by atoms with Gasteiger partial charge in [-0.25, -0.2) is 9.97 Å². The van der Waals surface area contributed by atoms with Gasteiger partial charge in [0.1, 0.15) is 17.5 Å². The number of nitrogens with two attached hydrogens (primary N) is 1. The largest absolute Gasteiger partial charge is 0.383 e. The van der Waals surface area contributed by atoms with Gasteiger partial charge in [-0.1, -0.05) is 13.8 Å². The Kier molecular flexibility index (Phi) is 3.54. The Hall–Kier alpha value is -1.36. The summed E-state index contributed by atoms with van der Waals surface area (Å²) in [6.07, 6.45) is 3.82. The van der Waals surface area contributed by atoms with Gasteiger partial charge in [0.15, 0.2) is 0 Å². The molecule has 2 unspecified atom stereocenters. The maximum Gasteiger partial charge on any atom is 0.135 e. The Balaban J connectivity index is 1.83. The molecule has 3 rings (SSSR count). The molecule has 2 aliphatic rings. The molecule has 2 aliphatic heterocycles. The molecule has 110 valence electrons. The van der Waals surface area contributed by atoms with Crippen LogP contribution in [0, 0.1) is 6.92 Å². The Labute approximate surface area is 121 Å². The molecule has 2 fully saturated rings. The summed E-state index contributed by atoms with van der Waals surface area (Å²) in [6, 6.07) is 1.18. The molecule has 0 amide bonds. The number of hydrogen-bond donors (Lipinski definition) is 2. The Morgan fingerprint density at radius 3 is 2.80 bits per heavy atom. The summed E-state index contributed by atoms with van der Waals surface area (Å²) >= 11 is 0. The molecule has 1 aromatic rings. The van der Waals surface area contributed by atoms with E-state index in [0.717, 1.165) is 17.2 Å². The number of anilines is 2. The van der Waals surface area contributed by atoms with Crippen molar-refractivity contribution in [1.82, 2.24) is 14.9 Å². The SMILES string of the molecule is Cc1c(N)nc(C(C)C)nc1NC1CCN2CCCC12. The van der Waals surface area contributed by atoms with E-state index >= 15 is 0 Å². The van der Waals surface area contributed by atoms with Crippen LogP contribution in [0.5, 0.6) is 0 Å². The molecule has 20 heavy (non-hydrogen) atoms. The fraction of sp³-hybridized carbons (Fsp3) is 0.733. The molecular weight excluding hydrogens is 250 g/mol. The van der Waals surface area contributed by atoms with Gasteiger partial charge in [0.05, 0.1) is 0 Å². The highest BCUT2D eigenvalue weighted by Crippen LogP contribution is 2.31. The molecular formula is C15H25N5. The van der Waals surface area contributed by atoms with Crippen molar-refractivity contribution in [3.8, 4) is 0 Å². The monoisotopic (exact) mass is 275 g/mol. The smallest absolute Gasteiger partial charge is 0.135 e. The predicted molar refractivity (Wildman–Crippen MR) is 81.9 cm³/mol. The van der Waals surface area contributed by atoms with Gasteiger partial charge in [-0.2, -0.15) is 0 Å². The van der Waals surface area contributed by atoms with Gasteiger partial charge in [-0.3, -0.25) is 4.90 Å². The van der Waals surface area contributed by atoms with E-state index in [-0.39, 0.29) is 0 Å². The molecule has 3 heterocycles. The lowest BCUT2D eigenvalue weighted by Crippen LogP contribution is -2.34. The summed E-state index contributed by atoms with van der Waals surface area (Å²) in [5.74, 6) is 2.66. The maximum atomic E-state index is 6.04. The van der Waals surface area contributed by atoms with Crippen molar-refractivity contribution in [1.29, 1.82) is 0 Å². The molecule has 3 N–H and O–H groups in total. The molecule has 0 saturated carbocycles. The number of rotatable bonds is 3. The fourth-order valence-electron chi connectivity index (χ4n) is 3.38. The minimum Gasteiger partial charge on any atom is -0.383 e. The number of nitrogens with one attached hydrogen (secondary N) is 1. The first-order valence-corrected chi connectivity index (χ1v) is 7.71. The van der Waals surface area contributed by atoms with Crippen molar-refractivity contribution in [3.63, 3.8) is 0 Å². The van der Waals surface area contributed by atoms with E-state index in [9.17, 15) is 0 Å². The van der Waals surface area contributed by atoms with E-state index in [4.69, 9.17) is 5.73 Å². The number of hydrogen-bond acceptors (Lipinski definition) is 5. The van der Waals surface area contributed by atoms with Crippen LogP contribution >= 0.6 is 0 Å². The van der Waals surface area contributed by atoms with E-state index < -0.39 is 0 Å². The van der Waals surface area contributed by atoms with Crippen LogP contribution in [0.25, 0.3) is 0 Å². The molecule has 0 aliphatic carbocycles. The van der Waals surface area contributed by atoms with Crippen LogP contribution in [0.1, 0.15) is 50.4 Å². The van der Waals surface area contributed by atoms with Crippen LogP contribution in [0.4, 0.5) is 11.6 Å². The topological polar surface area (TPSA) is 67.1 Å². The van der Waals surface area contributed by atoms with Crippen molar-refractivity contribution in [2.75, 3.05) is 24.1 Å². The highest BCUT2D eigenvalue weighted by Gasteiger charge is 2.37. The van der Waals surface area contributed by atoms with Gasteiger partial charge in [0.2, 0.25) is 0 Å². The van der Waals surface area contributed by atoms with Crippen molar-refractivity contribution in [2.45, 2.75) is 58.0 Å². The second kappa shape index (κ2) is 5.20. The summed E-state index contributed by atoms with van der Waals surface area (Å²) in [4.78, 5) is 11.7. The second-order valence-electron chi connectivity index (χ2n) is 6.38. The zero-order valence-corrected chi connectivity index (χ0v) is 12.7. The molecule has 0 bridgehead atoms. The average Bonchev–Trinajstić information content (AvgIpc) is 2.99. The quantitative estimate of drug-likeness (QED) is 0.884. The third-order valence-corrected chi connectivity index (χ3v) is 4.65. The van der Waals surface area contributed by atoms with Crippen molar-refractivity contribution in [2.24, 2.45) is 0 Å². The van der Waals surface area contributed by atoms with Crippen molar-refractivity contribution >= 4 is 11.6 Å². The van der Waals surface area contributed by atoms with E-state index in [0.29, 0.717) is 23.8 Å². The summed E-state index contributed by atoms with van der Waals surface area (Å²) in [5.41, 5.74) is 7.02. The van der Waals surface area contributed by atoms with Crippen LogP contribution in [-0.4, -0.2) is 40.0 Å². The highest BCUT2D eigenvalue weighted by atomic mass is 15.2. The standard InChI is InChI=1S/C15H25N5/c1-9(2)14-18-13(16)10(3)15(19-14)17-11-6-8-20-7-4-5-12(11)20/h9,11-12H,4-8H2,1-3H3,(H3,16,17,18,19). The van der Waals surface area contributed by atoms with Gasteiger partial charge in [0, 0.05) is 30.1 Å². The lowest BCUT2D eigenvalue weighted by molar-refractivity contribution is 0.318. The zero-order valence-electron chi connectivity index (χ0n) is 12.7.